The van der Waals surface area contributed by atoms with Gasteiger partial charge in [-0.1, -0.05) is 44.5 Å². The van der Waals surface area contributed by atoms with Crippen LogP contribution < -0.4 is 0 Å². The van der Waals surface area contributed by atoms with E-state index in [4.69, 9.17) is 11.6 Å². The maximum Gasteiger partial charge on any atom is 0.0708 e. The van der Waals surface area contributed by atoms with Crippen molar-refractivity contribution in [2.45, 2.75) is 33.1 Å². The lowest BCUT2D eigenvalue weighted by Crippen LogP contribution is -2.13. The summed E-state index contributed by atoms with van der Waals surface area (Å²) < 4.78 is 0. The molecule has 0 aliphatic heterocycles. The van der Waals surface area contributed by atoms with Gasteiger partial charge in [-0.2, -0.15) is 0 Å². The summed E-state index contributed by atoms with van der Waals surface area (Å²) in [5.41, 5.74) is 3.46. The van der Waals surface area contributed by atoms with Crippen LogP contribution in [0.4, 0.5) is 0 Å². The van der Waals surface area contributed by atoms with Gasteiger partial charge in [-0.15, -0.1) is 0 Å². The number of fused-ring (bicyclic) bond motifs is 1. The van der Waals surface area contributed by atoms with Gasteiger partial charge in [-0.05, 0) is 29.5 Å². The van der Waals surface area contributed by atoms with Crippen molar-refractivity contribution in [2.24, 2.45) is 0 Å². The summed E-state index contributed by atoms with van der Waals surface area (Å²) >= 11 is 6.27. The van der Waals surface area contributed by atoms with E-state index in [2.05, 4.69) is 50.9 Å². The molecule has 0 atom stereocenters. The first kappa shape index (κ1) is 11.4. The maximum absolute atomic E-state index is 6.27. The molecule has 1 heterocycles. The first-order valence-electron chi connectivity index (χ1n) is 5.45. The molecule has 0 aliphatic carbocycles. The molecule has 2 rings (SSSR count). The molecule has 1 nitrogen and oxygen atoms in total. The third kappa shape index (κ3) is 1.92. The van der Waals surface area contributed by atoms with E-state index in [1.165, 1.54) is 11.1 Å². The summed E-state index contributed by atoms with van der Waals surface area (Å²) in [5, 5.41) is 1.91. The quantitative estimate of drug-likeness (QED) is 0.653. The number of nitrogens with zero attached hydrogens (tertiary/aromatic N) is 1. The number of hydrogen-bond acceptors (Lipinski definition) is 1. The first-order valence-corrected chi connectivity index (χ1v) is 5.83. The summed E-state index contributed by atoms with van der Waals surface area (Å²) in [6, 6.07) is 6.32. The molecular weight excluding hydrogens is 218 g/mol. The van der Waals surface area contributed by atoms with Crippen LogP contribution in [0, 0.1) is 6.92 Å². The van der Waals surface area contributed by atoms with Gasteiger partial charge in [0, 0.05) is 11.6 Å². The number of aryl methyl sites for hydroxylation is 1. The van der Waals surface area contributed by atoms with Gasteiger partial charge >= 0.3 is 0 Å². The predicted molar refractivity (Wildman–Crippen MR) is 70.2 cm³/mol. The standard InChI is InChI=1S/C14H16ClN/c1-9-5-6-10-12(7-9)16-8-11(15)13(10)14(2,3)4/h5-8H,1-4H3. The molecule has 0 radical (unpaired) electrons. The summed E-state index contributed by atoms with van der Waals surface area (Å²) in [6.45, 7) is 8.60. The largest absolute Gasteiger partial charge is 0.255 e. The second kappa shape index (κ2) is 3.74. The zero-order valence-corrected chi connectivity index (χ0v) is 10.9. The Bertz CT molecular complexity index is 538. The van der Waals surface area contributed by atoms with Gasteiger partial charge < -0.3 is 0 Å². The van der Waals surface area contributed by atoms with Crippen LogP contribution in [0.25, 0.3) is 10.9 Å². The van der Waals surface area contributed by atoms with E-state index in [9.17, 15) is 0 Å². The van der Waals surface area contributed by atoms with Crippen molar-refractivity contribution in [2.75, 3.05) is 0 Å². The highest BCUT2D eigenvalue weighted by molar-refractivity contribution is 6.32. The molecule has 0 amide bonds. The second-order valence-corrected chi connectivity index (χ2v) is 5.66. The van der Waals surface area contributed by atoms with Crippen LogP contribution in [0.5, 0.6) is 0 Å². The van der Waals surface area contributed by atoms with E-state index in [-0.39, 0.29) is 5.41 Å². The van der Waals surface area contributed by atoms with E-state index in [1.807, 2.05) is 0 Å². The van der Waals surface area contributed by atoms with E-state index < -0.39 is 0 Å². The molecule has 0 aliphatic rings. The number of aromatic nitrogens is 1. The Hall–Kier alpha value is -1.08. The highest BCUT2D eigenvalue weighted by atomic mass is 35.5. The summed E-state index contributed by atoms with van der Waals surface area (Å²) in [5.74, 6) is 0. The number of hydrogen-bond donors (Lipinski definition) is 0. The van der Waals surface area contributed by atoms with E-state index in [0.29, 0.717) is 0 Å². The monoisotopic (exact) mass is 233 g/mol. The second-order valence-electron chi connectivity index (χ2n) is 5.25. The SMILES string of the molecule is Cc1ccc2c(C(C)(C)C)c(Cl)cnc2c1. The van der Waals surface area contributed by atoms with Crippen molar-refractivity contribution in [3.05, 3.63) is 40.5 Å². The fourth-order valence-corrected chi connectivity index (χ4v) is 2.48. The lowest BCUT2D eigenvalue weighted by Gasteiger charge is -2.22. The molecule has 0 bridgehead atoms. The molecular formula is C14H16ClN. The van der Waals surface area contributed by atoms with Gasteiger partial charge in [0.1, 0.15) is 0 Å². The van der Waals surface area contributed by atoms with Crippen molar-refractivity contribution < 1.29 is 0 Å². The Balaban J connectivity index is 2.85. The molecule has 16 heavy (non-hydrogen) atoms. The Kier molecular flexibility index (Phi) is 2.67. The van der Waals surface area contributed by atoms with Crippen LogP contribution in [0.15, 0.2) is 24.4 Å². The Labute approximate surface area is 101 Å². The molecule has 2 aromatic rings. The molecule has 1 aromatic carbocycles. The van der Waals surface area contributed by atoms with Gasteiger partial charge in [0.15, 0.2) is 0 Å². The normalized spacial score (nSPS) is 12.1. The van der Waals surface area contributed by atoms with Crippen LogP contribution in [0.3, 0.4) is 0 Å². The predicted octanol–water partition coefficient (Wildman–Crippen LogP) is 4.49. The molecule has 0 N–H and O–H groups in total. The van der Waals surface area contributed by atoms with Crippen molar-refractivity contribution >= 4 is 22.5 Å². The molecule has 1 aromatic heterocycles. The summed E-state index contributed by atoms with van der Waals surface area (Å²) in [7, 11) is 0. The smallest absolute Gasteiger partial charge is 0.0708 e. The Morgan fingerprint density at radius 1 is 1.19 bits per heavy atom. The minimum absolute atomic E-state index is 0.0352. The average Bonchev–Trinajstić information content (AvgIpc) is 2.16. The number of pyridine rings is 1. The van der Waals surface area contributed by atoms with Gasteiger partial charge in [0.05, 0.1) is 10.5 Å². The van der Waals surface area contributed by atoms with Gasteiger partial charge in [0.25, 0.3) is 0 Å². The van der Waals surface area contributed by atoms with Crippen LogP contribution in [0.1, 0.15) is 31.9 Å². The molecule has 84 valence electrons. The topological polar surface area (TPSA) is 12.9 Å². The van der Waals surface area contributed by atoms with Crippen molar-refractivity contribution in [3.63, 3.8) is 0 Å². The van der Waals surface area contributed by atoms with Crippen molar-refractivity contribution in [3.8, 4) is 0 Å². The molecule has 0 fully saturated rings. The van der Waals surface area contributed by atoms with Crippen LogP contribution in [-0.4, -0.2) is 4.98 Å². The van der Waals surface area contributed by atoms with Crippen molar-refractivity contribution in [1.29, 1.82) is 0 Å². The molecule has 0 unspecified atom stereocenters. The van der Waals surface area contributed by atoms with Gasteiger partial charge in [-0.25, -0.2) is 0 Å². The van der Waals surface area contributed by atoms with Crippen LogP contribution >= 0.6 is 11.6 Å². The minimum Gasteiger partial charge on any atom is -0.255 e. The highest BCUT2D eigenvalue weighted by Crippen LogP contribution is 2.34. The lowest BCUT2D eigenvalue weighted by molar-refractivity contribution is 0.595. The highest BCUT2D eigenvalue weighted by Gasteiger charge is 2.20. The zero-order valence-electron chi connectivity index (χ0n) is 10.1. The fraction of sp³-hybridized carbons (Fsp3) is 0.357. The van der Waals surface area contributed by atoms with E-state index >= 15 is 0 Å². The summed E-state index contributed by atoms with van der Waals surface area (Å²) in [4.78, 5) is 4.38. The van der Waals surface area contributed by atoms with Crippen molar-refractivity contribution in [1.82, 2.24) is 4.98 Å². The number of benzene rings is 1. The average molecular weight is 234 g/mol. The van der Waals surface area contributed by atoms with E-state index in [0.717, 1.165) is 15.9 Å². The molecule has 2 heteroatoms. The van der Waals surface area contributed by atoms with Crippen LogP contribution in [0.2, 0.25) is 5.02 Å². The number of rotatable bonds is 0. The van der Waals surface area contributed by atoms with Gasteiger partial charge in [0.2, 0.25) is 0 Å². The third-order valence-electron chi connectivity index (χ3n) is 2.73. The number of halogens is 1. The first-order chi connectivity index (χ1) is 7.39. The Morgan fingerprint density at radius 3 is 2.50 bits per heavy atom. The maximum atomic E-state index is 6.27. The third-order valence-corrected chi connectivity index (χ3v) is 3.01. The molecule has 0 saturated carbocycles. The molecule has 0 spiro atoms. The zero-order chi connectivity index (χ0) is 11.9. The van der Waals surface area contributed by atoms with E-state index in [1.54, 1.807) is 6.20 Å². The minimum atomic E-state index is 0.0352. The van der Waals surface area contributed by atoms with Gasteiger partial charge in [-0.3, -0.25) is 4.98 Å². The lowest BCUT2D eigenvalue weighted by atomic mass is 9.84. The fourth-order valence-electron chi connectivity index (χ4n) is 2.04. The van der Waals surface area contributed by atoms with Crippen LogP contribution in [-0.2, 0) is 5.41 Å². The summed E-state index contributed by atoms with van der Waals surface area (Å²) in [6.07, 6.45) is 1.75. The Morgan fingerprint density at radius 2 is 1.88 bits per heavy atom. The molecule has 0 saturated heterocycles.